The van der Waals surface area contributed by atoms with Gasteiger partial charge in [-0.1, -0.05) is 17.7 Å². The molecule has 0 aliphatic carbocycles. The molecule has 20 heavy (non-hydrogen) atoms. The molecule has 0 fully saturated rings. The molecule has 0 saturated carbocycles. The van der Waals surface area contributed by atoms with Crippen molar-refractivity contribution in [3.63, 3.8) is 0 Å². The Morgan fingerprint density at radius 3 is 2.75 bits per heavy atom. The van der Waals surface area contributed by atoms with E-state index in [-0.39, 0.29) is 4.21 Å². The number of nitrogens with one attached hydrogen (secondary N) is 1. The van der Waals surface area contributed by atoms with E-state index in [2.05, 4.69) is 9.71 Å². The number of halogens is 1. The second-order valence-electron chi connectivity index (χ2n) is 4.27. The maximum atomic E-state index is 11.9. The van der Waals surface area contributed by atoms with Crippen LogP contribution in [0.1, 0.15) is 18.4 Å². The molecule has 2 aromatic heterocycles. The molecule has 0 saturated heterocycles. The van der Waals surface area contributed by atoms with Crippen LogP contribution in [-0.4, -0.2) is 19.9 Å². The third kappa shape index (κ3) is 4.56. The van der Waals surface area contributed by atoms with Crippen LogP contribution in [0.4, 0.5) is 0 Å². The maximum Gasteiger partial charge on any atom is 0.250 e. The monoisotopic (exact) mass is 330 g/mol. The van der Waals surface area contributed by atoms with Crippen LogP contribution in [0.5, 0.6) is 0 Å². The number of aryl methyl sites for hydroxylation is 1. The van der Waals surface area contributed by atoms with E-state index in [1.165, 1.54) is 11.6 Å². The molecule has 0 bridgehead atoms. The average Bonchev–Trinajstić information content (AvgIpc) is 2.87. The van der Waals surface area contributed by atoms with Gasteiger partial charge in [0.25, 0.3) is 0 Å². The molecular formula is C13H15ClN2O2S2. The van der Waals surface area contributed by atoms with Crippen molar-refractivity contribution in [1.82, 2.24) is 9.71 Å². The number of unbranched alkanes of at least 4 members (excludes halogenated alkanes) is 1. The molecule has 0 radical (unpaired) electrons. The predicted octanol–water partition coefficient (Wildman–Crippen LogP) is 3.10. The molecule has 0 spiro atoms. The number of sulfonamides is 1. The molecule has 0 atom stereocenters. The Hall–Kier alpha value is -0.950. The first kappa shape index (κ1) is 15.4. The van der Waals surface area contributed by atoms with Gasteiger partial charge in [-0.3, -0.25) is 4.98 Å². The van der Waals surface area contributed by atoms with E-state index < -0.39 is 10.0 Å². The second kappa shape index (κ2) is 7.17. The molecular weight excluding hydrogens is 316 g/mol. The number of rotatable bonds is 7. The molecule has 1 N–H and O–H groups in total. The van der Waals surface area contributed by atoms with Crippen LogP contribution in [0.2, 0.25) is 4.34 Å². The van der Waals surface area contributed by atoms with Crippen LogP contribution in [0.3, 0.4) is 0 Å². The van der Waals surface area contributed by atoms with Gasteiger partial charge in [0.15, 0.2) is 0 Å². The maximum absolute atomic E-state index is 11.9. The third-order valence-corrected chi connectivity index (χ3v) is 5.90. The van der Waals surface area contributed by atoms with Gasteiger partial charge in [-0.2, -0.15) is 0 Å². The van der Waals surface area contributed by atoms with Crippen molar-refractivity contribution in [3.8, 4) is 0 Å². The van der Waals surface area contributed by atoms with Crippen molar-refractivity contribution in [2.24, 2.45) is 0 Å². The van der Waals surface area contributed by atoms with Crippen LogP contribution in [0.15, 0.2) is 40.9 Å². The summed E-state index contributed by atoms with van der Waals surface area (Å²) in [5.41, 5.74) is 1.17. The van der Waals surface area contributed by atoms with Crippen LogP contribution in [0, 0.1) is 0 Å². The molecule has 0 amide bonds. The first-order chi connectivity index (χ1) is 9.58. The lowest BCUT2D eigenvalue weighted by atomic mass is 10.1. The van der Waals surface area contributed by atoms with Crippen molar-refractivity contribution in [3.05, 3.63) is 46.6 Å². The SMILES string of the molecule is O=S(=O)(NCCCCc1cccnc1)c1ccc(Cl)s1. The van der Waals surface area contributed by atoms with Gasteiger partial charge < -0.3 is 0 Å². The van der Waals surface area contributed by atoms with Gasteiger partial charge in [0, 0.05) is 18.9 Å². The Balaban J connectivity index is 1.73. The lowest BCUT2D eigenvalue weighted by Crippen LogP contribution is -2.24. The molecule has 0 unspecified atom stereocenters. The van der Waals surface area contributed by atoms with E-state index in [0.29, 0.717) is 10.9 Å². The summed E-state index contributed by atoms with van der Waals surface area (Å²) in [5.74, 6) is 0. The van der Waals surface area contributed by atoms with Crippen LogP contribution in [-0.2, 0) is 16.4 Å². The number of nitrogens with zero attached hydrogens (tertiary/aromatic N) is 1. The lowest BCUT2D eigenvalue weighted by molar-refractivity contribution is 0.578. The minimum Gasteiger partial charge on any atom is -0.264 e. The molecule has 4 nitrogen and oxygen atoms in total. The molecule has 0 aliphatic heterocycles. The van der Waals surface area contributed by atoms with E-state index in [4.69, 9.17) is 11.6 Å². The standard InChI is InChI=1S/C13H15ClN2O2S2/c14-12-6-7-13(19-12)20(17,18)16-9-2-1-4-11-5-3-8-15-10-11/h3,5-8,10,16H,1-2,4,9H2. The molecule has 2 aromatic rings. The van der Waals surface area contributed by atoms with Gasteiger partial charge in [0.2, 0.25) is 10.0 Å². The highest BCUT2D eigenvalue weighted by Gasteiger charge is 2.15. The van der Waals surface area contributed by atoms with Crippen molar-refractivity contribution in [2.45, 2.75) is 23.5 Å². The van der Waals surface area contributed by atoms with E-state index >= 15 is 0 Å². The van der Waals surface area contributed by atoms with Crippen molar-refractivity contribution < 1.29 is 8.42 Å². The number of hydrogen-bond acceptors (Lipinski definition) is 4. The van der Waals surface area contributed by atoms with E-state index in [1.54, 1.807) is 12.3 Å². The number of hydrogen-bond donors (Lipinski definition) is 1. The molecule has 2 rings (SSSR count). The van der Waals surface area contributed by atoms with Gasteiger partial charge in [0.05, 0.1) is 4.34 Å². The minimum atomic E-state index is -3.41. The first-order valence-electron chi connectivity index (χ1n) is 6.22. The summed E-state index contributed by atoms with van der Waals surface area (Å²) in [6, 6.07) is 7.03. The number of aromatic nitrogens is 1. The summed E-state index contributed by atoms with van der Waals surface area (Å²) in [7, 11) is -3.41. The van der Waals surface area contributed by atoms with Gasteiger partial charge in [0.1, 0.15) is 4.21 Å². The zero-order valence-corrected chi connectivity index (χ0v) is 13.1. The number of thiophene rings is 1. The van der Waals surface area contributed by atoms with Crippen molar-refractivity contribution in [2.75, 3.05) is 6.54 Å². The number of pyridine rings is 1. The smallest absolute Gasteiger partial charge is 0.250 e. The van der Waals surface area contributed by atoms with Gasteiger partial charge in [-0.05, 0) is 43.0 Å². The third-order valence-electron chi connectivity index (χ3n) is 2.72. The Morgan fingerprint density at radius 1 is 1.25 bits per heavy atom. The second-order valence-corrected chi connectivity index (χ2v) is 7.98. The first-order valence-corrected chi connectivity index (χ1v) is 8.89. The quantitative estimate of drug-likeness (QED) is 0.794. The fourth-order valence-corrected chi connectivity index (χ4v) is 4.32. The fraction of sp³-hybridized carbons (Fsp3) is 0.308. The summed E-state index contributed by atoms with van der Waals surface area (Å²) in [6.45, 7) is 0.429. The highest BCUT2D eigenvalue weighted by atomic mass is 35.5. The normalized spacial score (nSPS) is 11.7. The highest BCUT2D eigenvalue weighted by molar-refractivity contribution is 7.91. The summed E-state index contributed by atoms with van der Waals surface area (Å²) in [4.78, 5) is 4.04. The van der Waals surface area contributed by atoms with E-state index in [0.717, 1.165) is 30.6 Å². The highest BCUT2D eigenvalue weighted by Crippen LogP contribution is 2.25. The molecule has 2 heterocycles. The summed E-state index contributed by atoms with van der Waals surface area (Å²) >= 11 is 6.80. The van der Waals surface area contributed by atoms with Crippen molar-refractivity contribution in [1.29, 1.82) is 0 Å². The molecule has 0 aromatic carbocycles. The zero-order valence-electron chi connectivity index (χ0n) is 10.8. The Morgan fingerprint density at radius 2 is 2.10 bits per heavy atom. The van der Waals surface area contributed by atoms with Crippen LogP contribution in [0.25, 0.3) is 0 Å². The van der Waals surface area contributed by atoms with E-state index in [9.17, 15) is 8.42 Å². The minimum absolute atomic E-state index is 0.259. The van der Waals surface area contributed by atoms with Gasteiger partial charge in [-0.25, -0.2) is 13.1 Å². The largest absolute Gasteiger partial charge is 0.264 e. The Labute approximate surface area is 127 Å². The van der Waals surface area contributed by atoms with Gasteiger partial charge in [-0.15, -0.1) is 11.3 Å². The molecule has 108 valence electrons. The van der Waals surface area contributed by atoms with Crippen molar-refractivity contribution >= 4 is 33.0 Å². The summed E-state index contributed by atoms with van der Waals surface area (Å²) in [6.07, 6.45) is 6.18. The molecule has 0 aliphatic rings. The zero-order chi connectivity index (χ0) is 14.4. The lowest BCUT2D eigenvalue weighted by Gasteiger charge is -2.04. The average molecular weight is 331 g/mol. The van der Waals surface area contributed by atoms with Gasteiger partial charge >= 0.3 is 0 Å². The Kier molecular flexibility index (Phi) is 5.54. The van der Waals surface area contributed by atoms with E-state index in [1.807, 2.05) is 18.3 Å². The topological polar surface area (TPSA) is 59.1 Å². The predicted molar refractivity (Wildman–Crippen MR) is 81.7 cm³/mol. The van der Waals surface area contributed by atoms with Crippen LogP contribution < -0.4 is 4.72 Å². The summed E-state index contributed by atoms with van der Waals surface area (Å²) in [5, 5.41) is 0. The fourth-order valence-electron chi connectivity index (χ4n) is 1.72. The van der Waals surface area contributed by atoms with Crippen LogP contribution >= 0.6 is 22.9 Å². The molecule has 7 heteroatoms. The summed E-state index contributed by atoms with van der Waals surface area (Å²) < 4.78 is 27.1. The Bertz CT molecular complexity index is 641.